The van der Waals surface area contributed by atoms with Crippen LogP contribution in [0.5, 0.6) is 11.5 Å². The van der Waals surface area contributed by atoms with Gasteiger partial charge in [-0.2, -0.15) is 13.2 Å². The van der Waals surface area contributed by atoms with E-state index in [2.05, 4.69) is 4.99 Å². The molecule has 10 heteroatoms. The van der Waals surface area contributed by atoms with Crippen molar-refractivity contribution in [2.75, 3.05) is 6.61 Å². The highest BCUT2D eigenvalue weighted by atomic mass is 32.2. The van der Waals surface area contributed by atoms with Crippen LogP contribution >= 0.6 is 11.8 Å². The lowest BCUT2D eigenvalue weighted by Gasteiger charge is -2.07. The van der Waals surface area contributed by atoms with E-state index in [0.717, 1.165) is 23.9 Å². The van der Waals surface area contributed by atoms with E-state index in [1.165, 1.54) is 36.4 Å². The van der Waals surface area contributed by atoms with Crippen molar-refractivity contribution in [1.29, 1.82) is 0 Å². The summed E-state index contributed by atoms with van der Waals surface area (Å²) in [6, 6.07) is 7.95. The zero-order valence-corrected chi connectivity index (χ0v) is 16.8. The fourth-order valence-electron chi connectivity index (χ4n) is 2.66. The molecular formula is C21H16F3NO5S. The van der Waals surface area contributed by atoms with Crippen molar-refractivity contribution in [2.45, 2.75) is 13.1 Å². The fourth-order valence-corrected chi connectivity index (χ4v) is 3.69. The molecule has 0 bridgehead atoms. The number of benzene rings is 2. The van der Waals surface area contributed by atoms with Crippen molar-refractivity contribution < 1.29 is 38.0 Å². The number of rotatable bonds is 4. The van der Waals surface area contributed by atoms with Gasteiger partial charge < -0.3 is 20.1 Å². The molecule has 0 aromatic heterocycles. The third kappa shape index (κ3) is 5.02. The molecule has 2 aromatic rings. The SMILES string of the molecule is CCOC(=O)C1=C(O)/C(=C\c2cc(O)ccc2O)SC1=Nc1cccc(C(F)(F)F)c1. The average Bonchev–Trinajstić information content (AvgIpc) is 2.99. The van der Waals surface area contributed by atoms with E-state index in [-0.39, 0.29) is 44.9 Å². The highest BCUT2D eigenvalue weighted by molar-refractivity contribution is 8.18. The van der Waals surface area contributed by atoms with E-state index in [1.807, 2.05) is 0 Å². The Balaban J connectivity index is 2.08. The lowest BCUT2D eigenvalue weighted by atomic mass is 10.1. The van der Waals surface area contributed by atoms with Gasteiger partial charge >= 0.3 is 12.1 Å². The maximum atomic E-state index is 13.0. The minimum Gasteiger partial charge on any atom is -0.508 e. The van der Waals surface area contributed by atoms with Crippen molar-refractivity contribution >= 4 is 34.5 Å². The van der Waals surface area contributed by atoms with Gasteiger partial charge in [0, 0.05) is 5.56 Å². The molecule has 0 aliphatic carbocycles. The van der Waals surface area contributed by atoms with Gasteiger partial charge in [-0.25, -0.2) is 9.79 Å². The molecule has 0 amide bonds. The van der Waals surface area contributed by atoms with Gasteiger partial charge in [0.05, 0.1) is 22.8 Å². The molecule has 0 atom stereocenters. The Hall–Kier alpha value is -3.40. The molecule has 0 unspecified atom stereocenters. The van der Waals surface area contributed by atoms with Gasteiger partial charge in [-0.3, -0.25) is 0 Å². The van der Waals surface area contributed by atoms with Crippen LogP contribution in [0.2, 0.25) is 0 Å². The maximum absolute atomic E-state index is 13.0. The number of thioether (sulfide) groups is 1. The topological polar surface area (TPSA) is 99.4 Å². The quantitative estimate of drug-likeness (QED) is 0.430. The van der Waals surface area contributed by atoms with Crippen LogP contribution in [0.25, 0.3) is 6.08 Å². The number of hydrogen-bond donors (Lipinski definition) is 3. The van der Waals surface area contributed by atoms with Gasteiger partial charge in [0.1, 0.15) is 27.9 Å². The first kappa shape index (κ1) is 22.3. The van der Waals surface area contributed by atoms with Crippen LogP contribution in [0.4, 0.5) is 18.9 Å². The lowest BCUT2D eigenvalue weighted by molar-refractivity contribution is -0.138. The van der Waals surface area contributed by atoms with Crippen molar-refractivity contribution in [3.05, 3.63) is 69.8 Å². The van der Waals surface area contributed by atoms with Crippen LogP contribution in [0.15, 0.2) is 63.7 Å². The Kier molecular flexibility index (Phi) is 6.30. The van der Waals surface area contributed by atoms with Crippen LogP contribution in [-0.4, -0.2) is 32.9 Å². The number of hydrogen-bond acceptors (Lipinski definition) is 7. The molecule has 2 aromatic carbocycles. The molecule has 3 rings (SSSR count). The number of aliphatic hydroxyl groups is 1. The standard InChI is InChI=1S/C21H16F3NO5S/c1-2-30-20(29)17-18(28)16(9-11-8-14(26)6-7-15(11)27)31-19(17)25-13-5-3-4-12(10-13)21(22,23)24/h3-10,26-28H,2H2,1H3/b16-9+,25-19?. The second kappa shape index (κ2) is 8.76. The average molecular weight is 451 g/mol. The van der Waals surface area contributed by atoms with Crippen molar-refractivity contribution in [3.63, 3.8) is 0 Å². The number of carbonyl (C=O) groups excluding carboxylic acids is 1. The summed E-state index contributed by atoms with van der Waals surface area (Å²) in [6.45, 7) is 1.56. The van der Waals surface area contributed by atoms with Crippen LogP contribution in [0.3, 0.4) is 0 Å². The Morgan fingerprint density at radius 3 is 2.58 bits per heavy atom. The number of nitrogens with zero attached hydrogens (tertiary/aromatic N) is 1. The second-order valence-electron chi connectivity index (χ2n) is 6.26. The number of aliphatic imine (C=N–C) groups is 1. The number of aromatic hydroxyl groups is 2. The van der Waals surface area contributed by atoms with E-state index in [9.17, 15) is 33.3 Å². The van der Waals surface area contributed by atoms with Gasteiger partial charge in [0.2, 0.25) is 0 Å². The molecule has 0 saturated carbocycles. The summed E-state index contributed by atoms with van der Waals surface area (Å²) >= 11 is 0.811. The molecule has 0 radical (unpaired) electrons. The molecule has 6 nitrogen and oxygen atoms in total. The van der Waals surface area contributed by atoms with Crippen LogP contribution in [0, 0.1) is 0 Å². The fraction of sp³-hybridized carbons (Fsp3) is 0.143. The van der Waals surface area contributed by atoms with Gasteiger partial charge in [-0.15, -0.1) is 0 Å². The van der Waals surface area contributed by atoms with Crippen molar-refractivity contribution in [2.24, 2.45) is 4.99 Å². The van der Waals surface area contributed by atoms with E-state index in [4.69, 9.17) is 4.74 Å². The monoisotopic (exact) mass is 451 g/mol. The lowest BCUT2D eigenvalue weighted by Crippen LogP contribution is -2.13. The predicted molar refractivity (Wildman–Crippen MR) is 110 cm³/mol. The minimum atomic E-state index is -4.57. The van der Waals surface area contributed by atoms with E-state index in [1.54, 1.807) is 6.92 Å². The molecule has 1 heterocycles. The first-order valence-corrected chi connectivity index (χ1v) is 9.70. The number of esters is 1. The molecule has 1 aliphatic heterocycles. The van der Waals surface area contributed by atoms with E-state index >= 15 is 0 Å². The minimum absolute atomic E-state index is 0.00348. The zero-order chi connectivity index (χ0) is 22.8. The number of phenolic OH excluding ortho intramolecular Hbond substituents is 2. The summed E-state index contributed by atoms with van der Waals surface area (Å²) in [5.74, 6) is -1.74. The third-order valence-corrected chi connectivity index (χ3v) is 5.09. The van der Waals surface area contributed by atoms with Crippen LogP contribution < -0.4 is 0 Å². The van der Waals surface area contributed by atoms with Crippen molar-refractivity contribution in [1.82, 2.24) is 0 Å². The normalized spacial score (nSPS) is 16.9. The Morgan fingerprint density at radius 2 is 1.90 bits per heavy atom. The van der Waals surface area contributed by atoms with E-state index < -0.39 is 23.5 Å². The first-order valence-electron chi connectivity index (χ1n) is 8.88. The first-order chi connectivity index (χ1) is 14.6. The number of carbonyl (C=O) groups is 1. The Morgan fingerprint density at radius 1 is 1.16 bits per heavy atom. The number of ether oxygens (including phenoxy) is 1. The predicted octanol–water partition coefficient (Wildman–Crippen LogP) is 5.31. The van der Waals surface area contributed by atoms with Crippen molar-refractivity contribution in [3.8, 4) is 11.5 Å². The van der Waals surface area contributed by atoms with Gasteiger partial charge in [-0.05, 0) is 49.4 Å². The number of phenols is 2. The molecule has 0 fully saturated rings. The summed E-state index contributed by atoms with van der Waals surface area (Å²) in [7, 11) is 0. The molecule has 0 spiro atoms. The maximum Gasteiger partial charge on any atom is 0.416 e. The third-order valence-electron chi connectivity index (χ3n) is 4.07. The molecule has 0 saturated heterocycles. The second-order valence-corrected chi connectivity index (χ2v) is 7.29. The highest BCUT2D eigenvalue weighted by Crippen LogP contribution is 2.42. The van der Waals surface area contributed by atoms with E-state index in [0.29, 0.717) is 0 Å². The summed E-state index contributed by atoms with van der Waals surface area (Å²) in [4.78, 5) is 16.6. The molecule has 3 N–H and O–H groups in total. The number of aliphatic hydroxyl groups excluding tert-OH is 1. The van der Waals surface area contributed by atoms with Gasteiger partial charge in [0.25, 0.3) is 0 Å². The molecule has 162 valence electrons. The van der Waals surface area contributed by atoms with Crippen LogP contribution in [0.1, 0.15) is 18.1 Å². The highest BCUT2D eigenvalue weighted by Gasteiger charge is 2.34. The summed E-state index contributed by atoms with van der Waals surface area (Å²) in [5.41, 5.74) is -1.15. The summed E-state index contributed by atoms with van der Waals surface area (Å²) in [5, 5.41) is 30.1. The zero-order valence-electron chi connectivity index (χ0n) is 16.0. The number of alkyl halides is 3. The molecule has 1 aliphatic rings. The largest absolute Gasteiger partial charge is 0.508 e. The number of halogens is 3. The summed E-state index contributed by atoms with van der Waals surface area (Å²) in [6.07, 6.45) is -3.26. The van der Waals surface area contributed by atoms with Gasteiger partial charge in [0.15, 0.2) is 0 Å². The van der Waals surface area contributed by atoms with Gasteiger partial charge in [-0.1, -0.05) is 17.8 Å². The molecular weight excluding hydrogens is 435 g/mol. The summed E-state index contributed by atoms with van der Waals surface area (Å²) < 4.78 is 43.9. The smallest absolute Gasteiger partial charge is 0.416 e. The Bertz CT molecular complexity index is 1120. The van der Waals surface area contributed by atoms with Crippen LogP contribution in [-0.2, 0) is 15.7 Å². The molecule has 31 heavy (non-hydrogen) atoms. The Labute approximate surface area is 179 Å².